The molecule has 0 saturated carbocycles. The van der Waals surface area contributed by atoms with E-state index in [2.05, 4.69) is 28.3 Å². The van der Waals surface area contributed by atoms with Crippen LogP contribution in [-0.2, 0) is 22.7 Å². The van der Waals surface area contributed by atoms with Gasteiger partial charge in [0.15, 0.2) is 0 Å². The Labute approximate surface area is 169 Å². The van der Waals surface area contributed by atoms with Gasteiger partial charge in [0.2, 0.25) is 10.0 Å². The molecule has 0 amide bonds. The van der Waals surface area contributed by atoms with E-state index < -0.39 is 21.8 Å². The first kappa shape index (κ1) is 21.8. The molecule has 10 heteroatoms. The second kappa shape index (κ2) is 8.45. The van der Waals surface area contributed by atoms with Crippen LogP contribution in [0.2, 0.25) is 0 Å². The van der Waals surface area contributed by atoms with E-state index in [4.69, 9.17) is 0 Å². The van der Waals surface area contributed by atoms with Crippen molar-refractivity contribution in [2.24, 2.45) is 0 Å². The highest BCUT2D eigenvalue weighted by Gasteiger charge is 2.32. The van der Waals surface area contributed by atoms with Crippen LogP contribution in [0.3, 0.4) is 0 Å². The van der Waals surface area contributed by atoms with Crippen molar-refractivity contribution >= 4 is 10.0 Å². The lowest BCUT2D eigenvalue weighted by Crippen LogP contribution is -2.49. The maximum atomic E-state index is 12.7. The Morgan fingerprint density at radius 3 is 2.21 bits per heavy atom. The normalized spacial score (nSPS) is 17.2. The van der Waals surface area contributed by atoms with Gasteiger partial charge in [-0.15, -0.1) is 0 Å². The van der Waals surface area contributed by atoms with Crippen LogP contribution in [0, 0.1) is 0 Å². The molecule has 0 spiro atoms. The number of sulfonamides is 1. The second-order valence-electron chi connectivity index (χ2n) is 7.40. The van der Waals surface area contributed by atoms with Crippen LogP contribution in [0.1, 0.15) is 31.2 Å². The lowest BCUT2D eigenvalue weighted by atomic mass is 10.2. The van der Waals surface area contributed by atoms with Gasteiger partial charge in [-0.3, -0.25) is 4.90 Å². The Morgan fingerprint density at radius 2 is 1.66 bits per heavy atom. The minimum atomic E-state index is -4.49. The average molecular weight is 430 g/mol. The van der Waals surface area contributed by atoms with Crippen LogP contribution in [0.4, 0.5) is 13.2 Å². The van der Waals surface area contributed by atoms with E-state index in [1.54, 1.807) is 6.20 Å². The fraction of sp³-hybridized carbons (Fsp3) is 0.526. The van der Waals surface area contributed by atoms with Gasteiger partial charge in [-0.2, -0.15) is 17.5 Å². The third kappa shape index (κ3) is 4.99. The van der Waals surface area contributed by atoms with Crippen molar-refractivity contribution in [3.05, 3.63) is 48.0 Å². The van der Waals surface area contributed by atoms with Crippen molar-refractivity contribution in [2.75, 3.05) is 32.7 Å². The van der Waals surface area contributed by atoms with E-state index in [-0.39, 0.29) is 4.90 Å². The first-order valence-electron chi connectivity index (χ1n) is 9.50. The molecule has 0 N–H and O–H groups in total. The van der Waals surface area contributed by atoms with Gasteiger partial charge in [0.25, 0.3) is 0 Å². The number of aromatic nitrogens is 2. The molecule has 1 aromatic carbocycles. The van der Waals surface area contributed by atoms with Crippen molar-refractivity contribution < 1.29 is 21.6 Å². The average Bonchev–Trinajstić information content (AvgIpc) is 3.15. The standard InChI is InChI=1S/C19H25F3N4O2S/c1-15(2)18-23-7-8-25(18)12-9-24-10-13-26(14-11-24)29(27,28)17-5-3-16(4-6-17)19(20,21)22/h3-8,15H,9-14H2,1-2H3. The van der Waals surface area contributed by atoms with Gasteiger partial charge in [0, 0.05) is 57.6 Å². The van der Waals surface area contributed by atoms with Gasteiger partial charge in [0.05, 0.1) is 10.5 Å². The number of nitrogens with zero attached hydrogens (tertiary/aromatic N) is 4. The SMILES string of the molecule is CC(C)c1nccn1CCN1CCN(S(=O)(=O)c2ccc(C(F)(F)F)cc2)CC1. The molecule has 2 aromatic rings. The molecule has 2 heterocycles. The molecular formula is C19H25F3N4O2S. The molecule has 1 fully saturated rings. The molecule has 6 nitrogen and oxygen atoms in total. The molecule has 1 aliphatic rings. The number of halogens is 3. The lowest BCUT2D eigenvalue weighted by molar-refractivity contribution is -0.137. The van der Waals surface area contributed by atoms with Crippen molar-refractivity contribution in [3.63, 3.8) is 0 Å². The molecule has 3 rings (SSSR count). The van der Waals surface area contributed by atoms with Crippen molar-refractivity contribution in [2.45, 2.75) is 37.4 Å². The number of alkyl halides is 3. The molecule has 0 unspecified atom stereocenters. The van der Waals surface area contributed by atoms with Crippen LogP contribution in [0.25, 0.3) is 0 Å². The van der Waals surface area contributed by atoms with Gasteiger partial charge >= 0.3 is 6.18 Å². The van der Waals surface area contributed by atoms with Gasteiger partial charge in [-0.1, -0.05) is 13.8 Å². The van der Waals surface area contributed by atoms with E-state index in [1.165, 1.54) is 4.31 Å². The largest absolute Gasteiger partial charge is 0.416 e. The lowest BCUT2D eigenvalue weighted by Gasteiger charge is -2.34. The predicted octanol–water partition coefficient (Wildman–Crippen LogP) is 3.03. The summed E-state index contributed by atoms with van der Waals surface area (Å²) in [6.07, 6.45) is -0.761. The second-order valence-corrected chi connectivity index (χ2v) is 9.34. The molecule has 29 heavy (non-hydrogen) atoms. The number of benzene rings is 1. The quantitative estimate of drug-likeness (QED) is 0.707. The van der Waals surface area contributed by atoms with E-state index in [0.717, 1.165) is 43.2 Å². The highest BCUT2D eigenvalue weighted by atomic mass is 32.2. The molecule has 0 aliphatic carbocycles. The molecule has 0 radical (unpaired) electrons. The van der Waals surface area contributed by atoms with Crippen LogP contribution in [0.15, 0.2) is 41.6 Å². The Hall–Kier alpha value is -1.91. The van der Waals surface area contributed by atoms with Gasteiger partial charge in [-0.05, 0) is 24.3 Å². The summed E-state index contributed by atoms with van der Waals surface area (Å²) in [5, 5.41) is 0. The minimum absolute atomic E-state index is 0.112. The van der Waals surface area contributed by atoms with Crippen LogP contribution >= 0.6 is 0 Å². The zero-order chi connectivity index (χ0) is 21.2. The number of hydrogen-bond donors (Lipinski definition) is 0. The fourth-order valence-corrected chi connectivity index (χ4v) is 4.84. The highest BCUT2D eigenvalue weighted by molar-refractivity contribution is 7.89. The Bertz CT molecular complexity index is 916. The van der Waals surface area contributed by atoms with E-state index in [9.17, 15) is 21.6 Å². The van der Waals surface area contributed by atoms with E-state index >= 15 is 0 Å². The summed E-state index contributed by atoms with van der Waals surface area (Å²) >= 11 is 0. The summed E-state index contributed by atoms with van der Waals surface area (Å²) in [4.78, 5) is 6.44. The molecule has 0 bridgehead atoms. The summed E-state index contributed by atoms with van der Waals surface area (Å²) in [7, 11) is -3.80. The number of rotatable bonds is 6. The topological polar surface area (TPSA) is 58.4 Å². The monoisotopic (exact) mass is 430 g/mol. The predicted molar refractivity (Wildman–Crippen MR) is 103 cm³/mol. The molecule has 160 valence electrons. The van der Waals surface area contributed by atoms with Crippen LogP contribution < -0.4 is 0 Å². The maximum absolute atomic E-state index is 12.7. The third-order valence-electron chi connectivity index (χ3n) is 5.07. The Kier molecular flexibility index (Phi) is 6.35. The summed E-state index contributed by atoms with van der Waals surface area (Å²) in [5.41, 5.74) is -0.860. The highest BCUT2D eigenvalue weighted by Crippen LogP contribution is 2.30. The van der Waals surface area contributed by atoms with Crippen molar-refractivity contribution in [3.8, 4) is 0 Å². The summed E-state index contributed by atoms with van der Waals surface area (Å²) in [6.45, 7) is 7.50. The van der Waals surface area contributed by atoms with Crippen molar-refractivity contribution in [1.82, 2.24) is 18.8 Å². The van der Waals surface area contributed by atoms with Gasteiger partial charge < -0.3 is 4.57 Å². The number of hydrogen-bond acceptors (Lipinski definition) is 4. The van der Waals surface area contributed by atoms with Gasteiger partial charge in [0.1, 0.15) is 5.82 Å². The summed E-state index contributed by atoms with van der Waals surface area (Å²) in [6, 6.07) is 3.66. The first-order valence-corrected chi connectivity index (χ1v) is 10.9. The number of imidazole rings is 1. The van der Waals surface area contributed by atoms with E-state index in [1.807, 2.05) is 6.20 Å². The molecule has 1 saturated heterocycles. The van der Waals surface area contributed by atoms with Crippen LogP contribution in [-0.4, -0.2) is 59.9 Å². The Morgan fingerprint density at radius 1 is 1.03 bits per heavy atom. The molecular weight excluding hydrogens is 405 g/mol. The number of piperazine rings is 1. The fourth-order valence-electron chi connectivity index (χ4n) is 3.42. The smallest absolute Gasteiger partial charge is 0.333 e. The minimum Gasteiger partial charge on any atom is -0.333 e. The molecule has 1 aliphatic heterocycles. The first-order chi connectivity index (χ1) is 13.6. The maximum Gasteiger partial charge on any atom is 0.416 e. The third-order valence-corrected chi connectivity index (χ3v) is 6.98. The van der Waals surface area contributed by atoms with Crippen molar-refractivity contribution in [1.29, 1.82) is 0 Å². The zero-order valence-electron chi connectivity index (χ0n) is 16.4. The summed E-state index contributed by atoms with van der Waals surface area (Å²) in [5.74, 6) is 1.35. The zero-order valence-corrected chi connectivity index (χ0v) is 17.2. The molecule has 1 aromatic heterocycles. The molecule has 0 atom stereocenters. The van der Waals surface area contributed by atoms with E-state index in [0.29, 0.717) is 32.1 Å². The summed E-state index contributed by atoms with van der Waals surface area (Å²) < 4.78 is 67.0. The Balaban J connectivity index is 1.57. The van der Waals surface area contributed by atoms with Gasteiger partial charge in [-0.25, -0.2) is 13.4 Å². The van der Waals surface area contributed by atoms with Crippen LogP contribution in [0.5, 0.6) is 0 Å².